The zero-order valence-electron chi connectivity index (χ0n) is 11.9. The standard InChI is InChI=1S/C15H20N2OS/c1-5-10-6-7-12(11(8-10)15(2,3)4)18-14-17-9-13(16)19-14/h6-9H,5,16H2,1-4H3. The molecular weight excluding hydrogens is 256 g/mol. The maximum absolute atomic E-state index is 5.88. The van der Waals surface area contributed by atoms with Gasteiger partial charge in [0.15, 0.2) is 0 Å². The Labute approximate surface area is 118 Å². The maximum Gasteiger partial charge on any atom is 0.280 e. The average molecular weight is 276 g/mol. The topological polar surface area (TPSA) is 48.1 Å². The van der Waals surface area contributed by atoms with Crippen LogP contribution in [0.4, 0.5) is 5.00 Å². The number of anilines is 1. The molecule has 0 aliphatic carbocycles. The fraction of sp³-hybridized carbons (Fsp3) is 0.400. The lowest BCUT2D eigenvalue weighted by Gasteiger charge is -2.23. The molecule has 4 heteroatoms. The van der Waals surface area contributed by atoms with Crippen molar-refractivity contribution >= 4 is 16.3 Å². The molecule has 19 heavy (non-hydrogen) atoms. The van der Waals surface area contributed by atoms with Gasteiger partial charge in [-0.25, -0.2) is 4.98 Å². The lowest BCUT2D eigenvalue weighted by atomic mass is 9.85. The zero-order valence-corrected chi connectivity index (χ0v) is 12.7. The van der Waals surface area contributed by atoms with E-state index in [-0.39, 0.29) is 5.41 Å². The molecule has 0 saturated heterocycles. The summed E-state index contributed by atoms with van der Waals surface area (Å²) >= 11 is 1.36. The van der Waals surface area contributed by atoms with Gasteiger partial charge in [-0.15, -0.1) is 0 Å². The molecule has 0 aliphatic heterocycles. The summed E-state index contributed by atoms with van der Waals surface area (Å²) in [4.78, 5) is 4.15. The molecule has 2 aromatic rings. The maximum atomic E-state index is 5.88. The fourth-order valence-corrected chi connectivity index (χ4v) is 2.43. The van der Waals surface area contributed by atoms with E-state index in [0.29, 0.717) is 10.2 Å². The van der Waals surface area contributed by atoms with Crippen molar-refractivity contribution in [3.63, 3.8) is 0 Å². The number of nitrogen functional groups attached to an aromatic ring is 1. The van der Waals surface area contributed by atoms with Gasteiger partial charge in [-0.2, -0.15) is 0 Å². The Kier molecular flexibility index (Phi) is 3.80. The van der Waals surface area contributed by atoms with Crippen molar-refractivity contribution in [3.05, 3.63) is 35.5 Å². The van der Waals surface area contributed by atoms with Crippen molar-refractivity contribution in [3.8, 4) is 10.9 Å². The Hall–Kier alpha value is -1.55. The van der Waals surface area contributed by atoms with Crippen molar-refractivity contribution < 1.29 is 4.74 Å². The van der Waals surface area contributed by atoms with Gasteiger partial charge in [0.05, 0.1) is 6.20 Å². The first-order valence-electron chi connectivity index (χ1n) is 6.42. The molecular formula is C15H20N2OS. The summed E-state index contributed by atoms with van der Waals surface area (Å²) in [6.45, 7) is 8.71. The second-order valence-electron chi connectivity index (χ2n) is 5.56. The smallest absolute Gasteiger partial charge is 0.280 e. The molecule has 3 nitrogen and oxygen atoms in total. The van der Waals surface area contributed by atoms with Crippen molar-refractivity contribution in [2.45, 2.75) is 39.5 Å². The van der Waals surface area contributed by atoms with Gasteiger partial charge in [0.25, 0.3) is 5.19 Å². The van der Waals surface area contributed by atoms with Crippen molar-refractivity contribution in [2.24, 2.45) is 0 Å². The predicted molar refractivity (Wildman–Crippen MR) is 81.1 cm³/mol. The number of rotatable bonds is 3. The van der Waals surface area contributed by atoms with Crippen LogP contribution in [-0.2, 0) is 11.8 Å². The van der Waals surface area contributed by atoms with E-state index in [2.05, 4.69) is 44.8 Å². The van der Waals surface area contributed by atoms with Crippen LogP contribution in [0.15, 0.2) is 24.4 Å². The lowest BCUT2D eigenvalue weighted by Crippen LogP contribution is -2.13. The molecule has 2 rings (SSSR count). The minimum Gasteiger partial charge on any atom is -0.431 e. The van der Waals surface area contributed by atoms with E-state index < -0.39 is 0 Å². The summed E-state index contributed by atoms with van der Waals surface area (Å²) < 4.78 is 5.88. The summed E-state index contributed by atoms with van der Waals surface area (Å²) in [5, 5.41) is 1.25. The Balaban J connectivity index is 2.39. The van der Waals surface area contributed by atoms with Gasteiger partial charge >= 0.3 is 0 Å². The molecule has 1 aromatic heterocycles. The Bertz CT molecular complexity index is 570. The van der Waals surface area contributed by atoms with Gasteiger partial charge in [-0.3, -0.25) is 0 Å². The quantitative estimate of drug-likeness (QED) is 0.905. The van der Waals surface area contributed by atoms with Gasteiger partial charge in [0.1, 0.15) is 10.8 Å². The van der Waals surface area contributed by atoms with E-state index in [4.69, 9.17) is 10.5 Å². The molecule has 1 aromatic carbocycles. The summed E-state index contributed by atoms with van der Waals surface area (Å²) in [6.07, 6.45) is 2.64. The van der Waals surface area contributed by atoms with E-state index in [0.717, 1.165) is 12.2 Å². The number of thiazole rings is 1. The molecule has 0 amide bonds. The minimum atomic E-state index is 0.0311. The second kappa shape index (κ2) is 5.21. The van der Waals surface area contributed by atoms with Crippen molar-refractivity contribution in [2.75, 3.05) is 5.73 Å². The summed E-state index contributed by atoms with van der Waals surface area (Å²) in [6, 6.07) is 6.34. The van der Waals surface area contributed by atoms with Crippen LogP contribution in [0.1, 0.15) is 38.8 Å². The third-order valence-corrected chi connectivity index (χ3v) is 3.66. The van der Waals surface area contributed by atoms with E-state index in [1.165, 1.54) is 22.5 Å². The molecule has 0 aliphatic rings. The largest absolute Gasteiger partial charge is 0.431 e. The van der Waals surface area contributed by atoms with Crippen LogP contribution in [0.25, 0.3) is 0 Å². The second-order valence-corrected chi connectivity index (χ2v) is 6.59. The molecule has 1 heterocycles. The fourth-order valence-electron chi connectivity index (χ4n) is 1.88. The zero-order chi connectivity index (χ0) is 14.0. The normalized spacial score (nSPS) is 11.6. The van der Waals surface area contributed by atoms with Crippen molar-refractivity contribution in [1.29, 1.82) is 0 Å². The molecule has 0 unspecified atom stereocenters. The van der Waals surface area contributed by atoms with E-state index >= 15 is 0 Å². The molecule has 0 fully saturated rings. The van der Waals surface area contributed by atoms with Gasteiger partial charge in [-0.05, 0) is 23.5 Å². The number of ether oxygens (including phenoxy) is 1. The van der Waals surface area contributed by atoms with Gasteiger partial charge < -0.3 is 10.5 Å². The van der Waals surface area contributed by atoms with E-state index in [1.54, 1.807) is 6.20 Å². The van der Waals surface area contributed by atoms with E-state index in [1.807, 2.05) is 6.07 Å². The Morgan fingerprint density at radius 2 is 2.05 bits per heavy atom. The number of hydrogen-bond donors (Lipinski definition) is 1. The van der Waals surface area contributed by atoms with Crippen LogP contribution in [0.2, 0.25) is 0 Å². The molecule has 0 saturated carbocycles. The number of nitrogens with zero attached hydrogens (tertiary/aromatic N) is 1. The minimum absolute atomic E-state index is 0.0311. The Morgan fingerprint density at radius 3 is 2.58 bits per heavy atom. The molecule has 0 spiro atoms. The van der Waals surface area contributed by atoms with Crippen LogP contribution in [0.5, 0.6) is 10.9 Å². The summed E-state index contributed by atoms with van der Waals surface area (Å²) in [5.74, 6) is 0.860. The van der Waals surface area contributed by atoms with Gasteiger partial charge in [-0.1, -0.05) is 51.2 Å². The van der Waals surface area contributed by atoms with Crippen molar-refractivity contribution in [1.82, 2.24) is 4.98 Å². The van der Waals surface area contributed by atoms with Gasteiger partial charge in [0, 0.05) is 5.56 Å². The lowest BCUT2D eigenvalue weighted by molar-refractivity contribution is 0.452. The summed E-state index contributed by atoms with van der Waals surface area (Å²) in [7, 11) is 0. The highest BCUT2D eigenvalue weighted by molar-refractivity contribution is 7.17. The molecule has 0 atom stereocenters. The number of hydrogen-bond acceptors (Lipinski definition) is 4. The number of aryl methyl sites for hydroxylation is 1. The number of nitrogens with two attached hydrogens (primary N) is 1. The number of benzene rings is 1. The highest BCUT2D eigenvalue weighted by Gasteiger charge is 2.20. The molecule has 2 N–H and O–H groups in total. The Morgan fingerprint density at radius 1 is 1.32 bits per heavy atom. The SMILES string of the molecule is CCc1ccc(Oc2ncc(N)s2)c(C(C)(C)C)c1. The predicted octanol–water partition coefficient (Wildman–Crippen LogP) is 4.38. The third-order valence-electron chi connectivity index (χ3n) is 2.96. The molecule has 102 valence electrons. The van der Waals surface area contributed by atoms with Crippen LogP contribution in [0.3, 0.4) is 0 Å². The highest BCUT2D eigenvalue weighted by Crippen LogP contribution is 2.36. The molecule has 0 radical (unpaired) electrons. The highest BCUT2D eigenvalue weighted by atomic mass is 32.1. The first kappa shape index (κ1) is 13.9. The average Bonchev–Trinajstić information content (AvgIpc) is 2.74. The molecule has 0 bridgehead atoms. The van der Waals surface area contributed by atoms with Crippen LogP contribution in [-0.4, -0.2) is 4.98 Å². The van der Waals surface area contributed by atoms with Crippen LogP contribution in [0, 0.1) is 0 Å². The monoisotopic (exact) mass is 276 g/mol. The third kappa shape index (κ3) is 3.26. The number of aromatic nitrogens is 1. The first-order chi connectivity index (χ1) is 8.90. The summed E-state index contributed by atoms with van der Waals surface area (Å²) in [5.41, 5.74) is 8.22. The van der Waals surface area contributed by atoms with Gasteiger partial charge in [0.2, 0.25) is 0 Å². The van der Waals surface area contributed by atoms with Crippen LogP contribution < -0.4 is 10.5 Å². The van der Waals surface area contributed by atoms with E-state index in [9.17, 15) is 0 Å². The first-order valence-corrected chi connectivity index (χ1v) is 7.24. The van der Waals surface area contributed by atoms with Crippen LogP contribution >= 0.6 is 11.3 Å².